The Morgan fingerprint density at radius 2 is 1.44 bits per heavy atom. The molecule has 0 aliphatic carbocycles. The van der Waals surface area contributed by atoms with Crippen molar-refractivity contribution in [3.05, 3.63) is 65.2 Å². The third kappa shape index (κ3) is 4.97. The molecule has 0 radical (unpaired) electrons. The van der Waals surface area contributed by atoms with Gasteiger partial charge in [0.2, 0.25) is 5.91 Å². The summed E-state index contributed by atoms with van der Waals surface area (Å²) < 4.78 is 5.17. The lowest BCUT2D eigenvalue weighted by Gasteiger charge is -2.22. The number of para-hydroxylation sites is 1. The van der Waals surface area contributed by atoms with Crippen LogP contribution in [-0.4, -0.2) is 18.5 Å². The Balaban J connectivity index is 2.45. The lowest BCUT2D eigenvalue weighted by atomic mass is 9.91. The molecular weight excluding hydrogens is 338 g/mol. The Bertz CT molecular complexity index is 755. The molecule has 1 N–H and O–H groups in total. The molecule has 0 heterocycles. The van der Waals surface area contributed by atoms with Gasteiger partial charge in [0, 0.05) is 5.69 Å². The molecule has 1 unspecified atom stereocenters. The maximum atomic E-state index is 13.2. The molecule has 0 saturated carbocycles. The van der Waals surface area contributed by atoms with Crippen molar-refractivity contribution in [2.75, 3.05) is 11.9 Å². The van der Waals surface area contributed by atoms with Gasteiger partial charge in [-0.1, -0.05) is 76.2 Å². The predicted molar refractivity (Wildman–Crippen MR) is 109 cm³/mol. The highest BCUT2D eigenvalue weighted by atomic mass is 16.5. The van der Waals surface area contributed by atoms with Gasteiger partial charge in [-0.05, 0) is 35.4 Å². The van der Waals surface area contributed by atoms with Crippen LogP contribution < -0.4 is 5.32 Å². The van der Waals surface area contributed by atoms with Crippen LogP contribution in [0.3, 0.4) is 0 Å². The predicted octanol–water partition coefficient (Wildman–Crippen LogP) is 5.22. The molecule has 0 aliphatic rings. The standard InChI is InChI=1S/C23H29NO3/c1-6-27-23(26)20(17-11-8-7-9-12-17)22(25)24-21-18(15(2)3)13-10-14-19(21)16(4)5/h7-16,20H,6H2,1-5H3,(H,24,25). The second-order valence-corrected chi connectivity index (χ2v) is 7.21. The Kier molecular flexibility index (Phi) is 7.17. The monoisotopic (exact) mass is 367 g/mol. The van der Waals surface area contributed by atoms with Gasteiger partial charge in [0.25, 0.3) is 0 Å². The number of esters is 1. The first-order chi connectivity index (χ1) is 12.9. The molecule has 27 heavy (non-hydrogen) atoms. The van der Waals surface area contributed by atoms with E-state index in [9.17, 15) is 9.59 Å². The molecule has 144 valence electrons. The normalized spacial score (nSPS) is 12.1. The van der Waals surface area contributed by atoms with E-state index >= 15 is 0 Å². The Morgan fingerprint density at radius 1 is 0.889 bits per heavy atom. The number of carbonyl (C=O) groups excluding carboxylic acids is 2. The molecule has 0 spiro atoms. The van der Waals surface area contributed by atoms with Crippen molar-refractivity contribution in [2.24, 2.45) is 0 Å². The number of hydrogen-bond acceptors (Lipinski definition) is 3. The minimum absolute atomic E-state index is 0.231. The van der Waals surface area contributed by atoms with Crippen LogP contribution in [0.25, 0.3) is 0 Å². The van der Waals surface area contributed by atoms with Crippen molar-refractivity contribution >= 4 is 17.6 Å². The van der Waals surface area contributed by atoms with Crippen LogP contribution in [0.1, 0.15) is 69.1 Å². The molecular formula is C23H29NO3. The van der Waals surface area contributed by atoms with E-state index in [-0.39, 0.29) is 24.3 Å². The third-order valence-corrected chi connectivity index (χ3v) is 4.54. The molecule has 1 atom stereocenters. The zero-order valence-electron chi connectivity index (χ0n) is 16.8. The first-order valence-electron chi connectivity index (χ1n) is 9.52. The molecule has 4 heteroatoms. The highest BCUT2D eigenvalue weighted by molar-refractivity contribution is 6.10. The number of anilines is 1. The lowest BCUT2D eigenvalue weighted by molar-refractivity contribution is -0.147. The minimum Gasteiger partial charge on any atom is -0.465 e. The summed E-state index contributed by atoms with van der Waals surface area (Å²) in [6.07, 6.45) is 0. The van der Waals surface area contributed by atoms with Crippen LogP contribution in [0.2, 0.25) is 0 Å². The van der Waals surface area contributed by atoms with E-state index in [1.165, 1.54) is 0 Å². The number of hydrogen-bond donors (Lipinski definition) is 1. The zero-order valence-corrected chi connectivity index (χ0v) is 16.8. The number of carbonyl (C=O) groups is 2. The van der Waals surface area contributed by atoms with Gasteiger partial charge in [-0.3, -0.25) is 9.59 Å². The van der Waals surface area contributed by atoms with Crippen molar-refractivity contribution in [3.63, 3.8) is 0 Å². The van der Waals surface area contributed by atoms with Gasteiger partial charge >= 0.3 is 5.97 Å². The summed E-state index contributed by atoms with van der Waals surface area (Å²) in [4.78, 5) is 25.7. The Hall–Kier alpha value is -2.62. The van der Waals surface area contributed by atoms with Gasteiger partial charge in [0.15, 0.2) is 5.92 Å². The van der Waals surface area contributed by atoms with Crippen LogP contribution in [0.15, 0.2) is 48.5 Å². The van der Waals surface area contributed by atoms with E-state index in [0.717, 1.165) is 16.8 Å². The van der Waals surface area contributed by atoms with E-state index in [1.807, 2.05) is 36.4 Å². The van der Waals surface area contributed by atoms with Gasteiger partial charge in [-0.15, -0.1) is 0 Å². The fraction of sp³-hybridized carbons (Fsp3) is 0.391. The number of benzene rings is 2. The molecule has 2 rings (SSSR count). The van der Waals surface area contributed by atoms with Crippen molar-refractivity contribution in [1.82, 2.24) is 0 Å². The fourth-order valence-electron chi connectivity index (χ4n) is 3.16. The van der Waals surface area contributed by atoms with Crippen LogP contribution in [0.5, 0.6) is 0 Å². The highest BCUT2D eigenvalue weighted by Gasteiger charge is 2.31. The zero-order chi connectivity index (χ0) is 20.0. The van der Waals surface area contributed by atoms with Gasteiger partial charge in [0.1, 0.15) is 0 Å². The highest BCUT2D eigenvalue weighted by Crippen LogP contribution is 2.33. The van der Waals surface area contributed by atoms with Crippen molar-refractivity contribution in [1.29, 1.82) is 0 Å². The van der Waals surface area contributed by atoms with E-state index in [0.29, 0.717) is 5.56 Å². The van der Waals surface area contributed by atoms with E-state index in [1.54, 1.807) is 19.1 Å². The van der Waals surface area contributed by atoms with Crippen molar-refractivity contribution in [2.45, 2.75) is 52.4 Å². The van der Waals surface area contributed by atoms with Gasteiger partial charge in [-0.25, -0.2) is 0 Å². The molecule has 0 aliphatic heterocycles. The quantitative estimate of drug-likeness (QED) is 0.539. The molecule has 2 aromatic rings. The maximum Gasteiger partial charge on any atom is 0.323 e. The topological polar surface area (TPSA) is 55.4 Å². The van der Waals surface area contributed by atoms with Crippen molar-refractivity contribution < 1.29 is 14.3 Å². The van der Waals surface area contributed by atoms with Gasteiger partial charge < -0.3 is 10.1 Å². The third-order valence-electron chi connectivity index (χ3n) is 4.54. The summed E-state index contributed by atoms with van der Waals surface area (Å²) in [6.45, 7) is 10.3. The molecule has 0 fully saturated rings. The minimum atomic E-state index is -0.994. The molecule has 2 aromatic carbocycles. The first-order valence-corrected chi connectivity index (χ1v) is 9.52. The average Bonchev–Trinajstić information content (AvgIpc) is 2.62. The summed E-state index contributed by atoms with van der Waals surface area (Å²) >= 11 is 0. The van der Waals surface area contributed by atoms with Crippen LogP contribution in [0.4, 0.5) is 5.69 Å². The molecule has 0 bridgehead atoms. The maximum absolute atomic E-state index is 13.2. The van der Waals surface area contributed by atoms with E-state index < -0.39 is 11.9 Å². The summed E-state index contributed by atoms with van der Waals surface area (Å²) in [5.74, 6) is -1.40. The summed E-state index contributed by atoms with van der Waals surface area (Å²) in [6, 6.07) is 15.1. The van der Waals surface area contributed by atoms with Crippen LogP contribution in [-0.2, 0) is 14.3 Å². The van der Waals surface area contributed by atoms with E-state index in [2.05, 4.69) is 33.0 Å². The number of rotatable bonds is 7. The largest absolute Gasteiger partial charge is 0.465 e. The first kappa shape index (κ1) is 20.7. The molecule has 1 amide bonds. The second-order valence-electron chi connectivity index (χ2n) is 7.21. The van der Waals surface area contributed by atoms with Crippen LogP contribution in [0, 0.1) is 0 Å². The Morgan fingerprint density at radius 3 is 1.93 bits per heavy atom. The molecule has 0 aromatic heterocycles. The van der Waals surface area contributed by atoms with Crippen LogP contribution >= 0.6 is 0 Å². The van der Waals surface area contributed by atoms with Crippen molar-refractivity contribution in [3.8, 4) is 0 Å². The van der Waals surface area contributed by atoms with E-state index in [4.69, 9.17) is 4.74 Å². The van der Waals surface area contributed by atoms with Gasteiger partial charge in [-0.2, -0.15) is 0 Å². The second kappa shape index (κ2) is 9.36. The Labute approximate surface area is 161 Å². The number of amides is 1. The smallest absolute Gasteiger partial charge is 0.323 e. The van der Waals surface area contributed by atoms with Gasteiger partial charge in [0.05, 0.1) is 6.61 Å². The number of nitrogens with one attached hydrogen (secondary N) is 1. The summed E-state index contributed by atoms with van der Waals surface area (Å²) in [5, 5.41) is 3.04. The summed E-state index contributed by atoms with van der Waals surface area (Å²) in [7, 11) is 0. The fourth-order valence-corrected chi connectivity index (χ4v) is 3.16. The lowest BCUT2D eigenvalue weighted by Crippen LogP contribution is -2.30. The average molecular weight is 367 g/mol. The number of ether oxygens (including phenoxy) is 1. The molecule has 0 saturated heterocycles. The summed E-state index contributed by atoms with van der Waals surface area (Å²) in [5.41, 5.74) is 3.55. The SMILES string of the molecule is CCOC(=O)C(C(=O)Nc1c(C(C)C)cccc1C(C)C)c1ccccc1. The molecule has 4 nitrogen and oxygen atoms in total.